The average molecular weight is 253 g/mol. The first-order chi connectivity index (χ1) is 9.29. The Morgan fingerprint density at radius 2 is 2.11 bits per heavy atom. The molecule has 0 bridgehead atoms. The molecule has 3 rings (SSSR count). The van der Waals surface area contributed by atoms with Crippen molar-refractivity contribution in [1.82, 2.24) is 14.5 Å². The number of imidazole rings is 1. The summed E-state index contributed by atoms with van der Waals surface area (Å²) in [5, 5.41) is 11.5. The van der Waals surface area contributed by atoms with E-state index < -0.39 is 6.10 Å². The molecule has 2 heterocycles. The number of fused-ring (bicyclic) bond motifs is 1. The van der Waals surface area contributed by atoms with E-state index in [9.17, 15) is 5.11 Å². The highest BCUT2D eigenvalue weighted by atomic mass is 16.3. The Balaban J connectivity index is 2.04. The van der Waals surface area contributed by atoms with Crippen molar-refractivity contribution in [3.8, 4) is 0 Å². The summed E-state index contributed by atoms with van der Waals surface area (Å²) in [6, 6.07) is 9.85. The van der Waals surface area contributed by atoms with Gasteiger partial charge in [0.1, 0.15) is 6.10 Å². The summed E-state index contributed by atoms with van der Waals surface area (Å²) in [6.45, 7) is 2.81. The van der Waals surface area contributed by atoms with Gasteiger partial charge in [-0.1, -0.05) is 18.2 Å². The van der Waals surface area contributed by atoms with Crippen LogP contribution in [0.1, 0.15) is 24.3 Å². The summed E-state index contributed by atoms with van der Waals surface area (Å²) in [4.78, 5) is 8.46. The highest BCUT2D eigenvalue weighted by Gasteiger charge is 2.15. The zero-order valence-electron chi connectivity index (χ0n) is 10.7. The lowest BCUT2D eigenvalue weighted by Crippen LogP contribution is -2.07. The summed E-state index contributed by atoms with van der Waals surface area (Å²) in [7, 11) is 0. The molecule has 3 aromatic rings. The van der Waals surface area contributed by atoms with Crippen molar-refractivity contribution in [2.24, 2.45) is 0 Å². The van der Waals surface area contributed by atoms with Gasteiger partial charge >= 0.3 is 0 Å². The van der Waals surface area contributed by atoms with Crippen LogP contribution in [0, 0.1) is 0 Å². The number of aliphatic hydroxyl groups excluding tert-OH is 1. The molecule has 0 aliphatic rings. The van der Waals surface area contributed by atoms with E-state index in [4.69, 9.17) is 0 Å². The van der Waals surface area contributed by atoms with Gasteiger partial charge in [-0.15, -0.1) is 0 Å². The number of aryl methyl sites for hydroxylation is 1. The first-order valence-electron chi connectivity index (χ1n) is 6.32. The molecule has 1 N–H and O–H groups in total. The van der Waals surface area contributed by atoms with Gasteiger partial charge in [-0.2, -0.15) is 0 Å². The van der Waals surface area contributed by atoms with Crippen molar-refractivity contribution in [2.45, 2.75) is 19.6 Å². The third-order valence-electron chi connectivity index (χ3n) is 3.29. The minimum atomic E-state index is -0.695. The van der Waals surface area contributed by atoms with Crippen LogP contribution in [0.5, 0.6) is 0 Å². The molecule has 96 valence electrons. The molecule has 0 saturated heterocycles. The molecule has 0 aliphatic carbocycles. The predicted octanol–water partition coefficient (Wildman–Crippen LogP) is 2.53. The maximum Gasteiger partial charge on any atom is 0.122 e. The molecular formula is C15H15N3O. The number of hydrogen-bond donors (Lipinski definition) is 1. The van der Waals surface area contributed by atoms with E-state index in [-0.39, 0.29) is 0 Å². The lowest BCUT2D eigenvalue weighted by molar-refractivity contribution is 0.210. The molecule has 0 saturated carbocycles. The number of nitrogens with zero attached hydrogens (tertiary/aromatic N) is 3. The first-order valence-corrected chi connectivity index (χ1v) is 6.32. The predicted molar refractivity (Wildman–Crippen MR) is 73.7 cm³/mol. The third-order valence-corrected chi connectivity index (χ3v) is 3.29. The van der Waals surface area contributed by atoms with E-state index in [1.165, 1.54) is 0 Å². The van der Waals surface area contributed by atoms with Crippen LogP contribution in [0.3, 0.4) is 0 Å². The monoisotopic (exact) mass is 253 g/mol. The molecule has 1 aromatic carbocycles. The molecular weight excluding hydrogens is 238 g/mol. The SMILES string of the molecule is CCn1cncc1C(O)c1cnc2ccccc2c1. The molecule has 0 fully saturated rings. The second-order valence-corrected chi connectivity index (χ2v) is 4.47. The molecule has 4 heteroatoms. The smallest absolute Gasteiger partial charge is 0.122 e. The third kappa shape index (κ3) is 2.11. The standard InChI is InChI=1S/C15H15N3O/c1-2-18-10-16-9-14(18)15(19)12-7-11-5-3-4-6-13(11)17-8-12/h3-10,15,19H,2H2,1H3. The number of rotatable bonds is 3. The number of para-hydroxylation sites is 1. The molecule has 1 unspecified atom stereocenters. The van der Waals surface area contributed by atoms with E-state index >= 15 is 0 Å². The van der Waals surface area contributed by atoms with Crippen molar-refractivity contribution < 1.29 is 5.11 Å². The Morgan fingerprint density at radius 1 is 1.26 bits per heavy atom. The zero-order chi connectivity index (χ0) is 13.2. The largest absolute Gasteiger partial charge is 0.382 e. The van der Waals surface area contributed by atoms with Gasteiger partial charge in [0.25, 0.3) is 0 Å². The van der Waals surface area contributed by atoms with Gasteiger partial charge in [0.15, 0.2) is 0 Å². The number of hydrogen-bond acceptors (Lipinski definition) is 3. The van der Waals surface area contributed by atoms with Gasteiger partial charge in [0.05, 0.1) is 23.7 Å². The molecule has 1 atom stereocenters. The van der Waals surface area contributed by atoms with Gasteiger partial charge in [-0.3, -0.25) is 4.98 Å². The van der Waals surface area contributed by atoms with Gasteiger partial charge in [0.2, 0.25) is 0 Å². The van der Waals surface area contributed by atoms with Gasteiger partial charge in [0, 0.05) is 23.7 Å². The second-order valence-electron chi connectivity index (χ2n) is 4.47. The first kappa shape index (κ1) is 11.9. The summed E-state index contributed by atoms with van der Waals surface area (Å²) < 4.78 is 1.93. The van der Waals surface area contributed by atoms with Crippen LogP contribution in [0.4, 0.5) is 0 Å². The van der Waals surface area contributed by atoms with Crippen LogP contribution in [-0.2, 0) is 6.54 Å². The number of benzene rings is 1. The molecule has 4 nitrogen and oxygen atoms in total. The lowest BCUT2D eigenvalue weighted by atomic mass is 10.1. The molecule has 19 heavy (non-hydrogen) atoms. The van der Waals surface area contributed by atoms with Crippen LogP contribution in [0.2, 0.25) is 0 Å². The fourth-order valence-corrected chi connectivity index (χ4v) is 2.23. The van der Waals surface area contributed by atoms with Crippen molar-refractivity contribution >= 4 is 10.9 Å². The second kappa shape index (κ2) is 4.82. The Kier molecular flexibility index (Phi) is 3.01. The molecule has 0 amide bonds. The lowest BCUT2D eigenvalue weighted by Gasteiger charge is -2.13. The number of aliphatic hydroxyl groups is 1. The van der Waals surface area contributed by atoms with Crippen molar-refractivity contribution in [1.29, 1.82) is 0 Å². The van der Waals surface area contributed by atoms with E-state index in [1.807, 2.05) is 41.8 Å². The van der Waals surface area contributed by atoms with E-state index in [0.717, 1.165) is 28.7 Å². The van der Waals surface area contributed by atoms with Gasteiger partial charge in [-0.05, 0) is 19.1 Å². The molecule has 0 aliphatic heterocycles. The van der Waals surface area contributed by atoms with Crippen LogP contribution in [0.15, 0.2) is 49.1 Å². The fraction of sp³-hybridized carbons (Fsp3) is 0.200. The fourth-order valence-electron chi connectivity index (χ4n) is 2.23. The van der Waals surface area contributed by atoms with Crippen LogP contribution in [0.25, 0.3) is 10.9 Å². The van der Waals surface area contributed by atoms with Crippen molar-refractivity contribution in [3.63, 3.8) is 0 Å². The van der Waals surface area contributed by atoms with Crippen LogP contribution in [-0.4, -0.2) is 19.6 Å². The number of aromatic nitrogens is 3. The minimum absolute atomic E-state index is 0.695. The average Bonchev–Trinajstić information content (AvgIpc) is 2.94. The molecule has 0 spiro atoms. The van der Waals surface area contributed by atoms with Crippen molar-refractivity contribution in [2.75, 3.05) is 0 Å². The highest BCUT2D eigenvalue weighted by molar-refractivity contribution is 5.78. The highest BCUT2D eigenvalue weighted by Crippen LogP contribution is 2.23. The van der Waals surface area contributed by atoms with Crippen LogP contribution >= 0.6 is 0 Å². The van der Waals surface area contributed by atoms with E-state index in [0.29, 0.717) is 0 Å². The Bertz CT molecular complexity index is 705. The Morgan fingerprint density at radius 3 is 2.95 bits per heavy atom. The summed E-state index contributed by atoms with van der Waals surface area (Å²) in [5.74, 6) is 0. The molecule has 0 radical (unpaired) electrons. The Hall–Kier alpha value is -2.20. The zero-order valence-corrected chi connectivity index (χ0v) is 10.7. The summed E-state index contributed by atoms with van der Waals surface area (Å²) >= 11 is 0. The molecule has 2 aromatic heterocycles. The quantitative estimate of drug-likeness (QED) is 0.780. The van der Waals surface area contributed by atoms with Crippen molar-refractivity contribution in [3.05, 3.63) is 60.3 Å². The summed E-state index contributed by atoms with van der Waals surface area (Å²) in [5.41, 5.74) is 2.51. The normalized spacial score (nSPS) is 12.7. The van der Waals surface area contributed by atoms with E-state index in [2.05, 4.69) is 9.97 Å². The maximum absolute atomic E-state index is 10.5. The van der Waals surface area contributed by atoms with Gasteiger partial charge < -0.3 is 9.67 Å². The van der Waals surface area contributed by atoms with E-state index in [1.54, 1.807) is 18.7 Å². The van der Waals surface area contributed by atoms with Gasteiger partial charge in [-0.25, -0.2) is 4.98 Å². The summed E-state index contributed by atoms with van der Waals surface area (Å²) in [6.07, 6.45) is 4.45. The Labute approximate surface area is 111 Å². The van der Waals surface area contributed by atoms with Crippen LogP contribution < -0.4 is 0 Å². The maximum atomic E-state index is 10.5. The minimum Gasteiger partial charge on any atom is -0.382 e. The number of pyridine rings is 1. The topological polar surface area (TPSA) is 50.9 Å².